The number of hydrogen-bond donors (Lipinski definition) is 2. The lowest BCUT2D eigenvalue weighted by Gasteiger charge is -2.29. The first-order chi connectivity index (χ1) is 7.35. The zero-order chi connectivity index (χ0) is 12.8. The molecule has 0 aliphatic rings. The van der Waals surface area contributed by atoms with Gasteiger partial charge in [0.1, 0.15) is 6.04 Å². The predicted molar refractivity (Wildman–Crippen MR) is 69.9 cm³/mol. The summed E-state index contributed by atoms with van der Waals surface area (Å²) in [5, 5.41) is 8.87. The van der Waals surface area contributed by atoms with Crippen molar-refractivity contribution in [2.45, 2.75) is 38.5 Å². The zero-order valence-corrected chi connectivity index (χ0v) is 11.5. The van der Waals surface area contributed by atoms with Crippen LogP contribution in [0.3, 0.4) is 0 Å². The summed E-state index contributed by atoms with van der Waals surface area (Å²) in [6.45, 7) is 11.1. The van der Waals surface area contributed by atoms with Crippen LogP contribution >= 0.6 is 11.8 Å². The Hall–Kier alpha value is -0.260. The monoisotopic (exact) mass is 248 g/mol. The lowest BCUT2D eigenvalue weighted by atomic mass is 10.1. The van der Waals surface area contributed by atoms with Gasteiger partial charge in [0.2, 0.25) is 0 Å². The van der Waals surface area contributed by atoms with Crippen molar-refractivity contribution >= 4 is 17.7 Å². The van der Waals surface area contributed by atoms with Crippen molar-refractivity contribution in [1.29, 1.82) is 0 Å². The first-order valence-corrected chi connectivity index (χ1v) is 6.68. The second-order valence-electron chi connectivity index (χ2n) is 4.29. The summed E-state index contributed by atoms with van der Waals surface area (Å²) < 4.78 is -0.418. The van der Waals surface area contributed by atoms with Crippen molar-refractivity contribution in [3.05, 3.63) is 0 Å². The number of hydrogen-bond acceptors (Lipinski definition) is 4. The van der Waals surface area contributed by atoms with Crippen LogP contribution in [-0.4, -0.2) is 52.2 Å². The van der Waals surface area contributed by atoms with E-state index in [-0.39, 0.29) is 0 Å². The Morgan fingerprint density at radius 2 is 1.94 bits per heavy atom. The molecule has 0 aliphatic carbocycles. The van der Waals surface area contributed by atoms with E-state index in [1.54, 1.807) is 11.8 Å². The summed E-state index contributed by atoms with van der Waals surface area (Å²) in [5.74, 6) is -0.0179. The molecule has 0 heterocycles. The summed E-state index contributed by atoms with van der Waals surface area (Å²) in [6.07, 6.45) is 0. The number of nitrogens with zero attached hydrogens (tertiary/aromatic N) is 1. The summed E-state index contributed by atoms with van der Waals surface area (Å²) in [5.41, 5.74) is 5.64. The second kappa shape index (κ2) is 7.14. The summed E-state index contributed by atoms with van der Waals surface area (Å²) >= 11 is 1.63. The quantitative estimate of drug-likeness (QED) is 0.677. The van der Waals surface area contributed by atoms with Gasteiger partial charge >= 0.3 is 5.97 Å². The van der Waals surface area contributed by atoms with Crippen LogP contribution in [0.25, 0.3) is 0 Å². The van der Waals surface area contributed by atoms with Gasteiger partial charge in [-0.25, -0.2) is 0 Å². The zero-order valence-electron chi connectivity index (χ0n) is 10.7. The standard InChI is InChI=1S/C11H24N2O2S/c1-5-13(6-2)7-8-16-11(3,4)9(12)10(14)15/h9H,5-8,12H2,1-4H3,(H,14,15)/t9-/m1/s1. The van der Waals surface area contributed by atoms with E-state index in [0.29, 0.717) is 0 Å². The van der Waals surface area contributed by atoms with Crippen molar-refractivity contribution in [1.82, 2.24) is 4.90 Å². The van der Waals surface area contributed by atoms with Gasteiger partial charge in [0.25, 0.3) is 0 Å². The molecular formula is C11H24N2O2S. The van der Waals surface area contributed by atoms with Crippen LogP contribution in [0, 0.1) is 0 Å². The number of nitrogens with two attached hydrogens (primary N) is 1. The molecule has 4 nitrogen and oxygen atoms in total. The van der Waals surface area contributed by atoms with Crippen molar-refractivity contribution < 1.29 is 9.90 Å². The number of carbonyl (C=O) groups is 1. The normalized spacial score (nSPS) is 14.1. The molecule has 3 N–H and O–H groups in total. The van der Waals surface area contributed by atoms with Gasteiger partial charge in [-0.3, -0.25) is 4.79 Å². The van der Waals surface area contributed by atoms with E-state index < -0.39 is 16.8 Å². The van der Waals surface area contributed by atoms with Crippen LogP contribution < -0.4 is 5.73 Å². The van der Waals surface area contributed by atoms with E-state index in [4.69, 9.17) is 10.8 Å². The first kappa shape index (κ1) is 15.7. The molecule has 0 radical (unpaired) electrons. The molecule has 0 bridgehead atoms. The Morgan fingerprint density at radius 1 is 1.44 bits per heavy atom. The molecule has 0 aromatic heterocycles. The lowest BCUT2D eigenvalue weighted by Crippen LogP contribution is -2.47. The van der Waals surface area contributed by atoms with Crippen molar-refractivity contribution in [3.63, 3.8) is 0 Å². The van der Waals surface area contributed by atoms with Crippen LogP contribution in [0.1, 0.15) is 27.7 Å². The van der Waals surface area contributed by atoms with E-state index >= 15 is 0 Å². The number of thioether (sulfide) groups is 1. The van der Waals surface area contributed by atoms with E-state index in [9.17, 15) is 4.79 Å². The summed E-state index contributed by atoms with van der Waals surface area (Å²) in [7, 11) is 0. The van der Waals surface area contributed by atoms with Crippen molar-refractivity contribution in [2.24, 2.45) is 5.73 Å². The molecule has 0 fully saturated rings. The molecule has 0 spiro atoms. The minimum Gasteiger partial charge on any atom is -0.480 e. The van der Waals surface area contributed by atoms with Gasteiger partial charge in [-0.15, -0.1) is 0 Å². The van der Waals surface area contributed by atoms with Crippen LogP contribution in [0.5, 0.6) is 0 Å². The number of aliphatic carboxylic acids is 1. The number of rotatable bonds is 8. The fraction of sp³-hybridized carbons (Fsp3) is 0.909. The molecule has 0 aromatic rings. The van der Waals surface area contributed by atoms with E-state index in [2.05, 4.69) is 18.7 Å². The molecule has 5 heteroatoms. The van der Waals surface area contributed by atoms with E-state index in [1.165, 1.54) is 0 Å². The molecule has 0 amide bonds. The molecule has 0 aromatic carbocycles. The second-order valence-corrected chi connectivity index (χ2v) is 6.04. The van der Waals surface area contributed by atoms with Gasteiger partial charge in [-0.1, -0.05) is 13.8 Å². The van der Waals surface area contributed by atoms with Crippen molar-refractivity contribution in [3.8, 4) is 0 Å². The Labute approximate surface area is 103 Å². The molecule has 1 atom stereocenters. The minimum atomic E-state index is -0.930. The van der Waals surface area contributed by atoms with Crippen molar-refractivity contribution in [2.75, 3.05) is 25.4 Å². The number of carboxylic acids is 1. The largest absolute Gasteiger partial charge is 0.480 e. The topological polar surface area (TPSA) is 66.6 Å². The summed E-state index contributed by atoms with van der Waals surface area (Å²) in [6, 6.07) is -0.811. The Bertz CT molecular complexity index is 218. The van der Waals surface area contributed by atoms with Gasteiger partial charge in [-0.2, -0.15) is 11.8 Å². The van der Waals surface area contributed by atoms with Crippen LogP contribution in [0.4, 0.5) is 0 Å². The molecule has 96 valence electrons. The van der Waals surface area contributed by atoms with E-state index in [0.717, 1.165) is 25.4 Å². The maximum atomic E-state index is 10.8. The minimum absolute atomic E-state index is 0.418. The smallest absolute Gasteiger partial charge is 0.321 e. The van der Waals surface area contributed by atoms with Crippen LogP contribution in [0.2, 0.25) is 0 Å². The highest BCUT2D eigenvalue weighted by Gasteiger charge is 2.32. The van der Waals surface area contributed by atoms with Gasteiger partial charge in [0.15, 0.2) is 0 Å². The highest BCUT2D eigenvalue weighted by Crippen LogP contribution is 2.27. The average Bonchev–Trinajstić information content (AvgIpc) is 2.23. The van der Waals surface area contributed by atoms with E-state index in [1.807, 2.05) is 13.8 Å². The van der Waals surface area contributed by atoms with Gasteiger partial charge in [0, 0.05) is 17.0 Å². The third kappa shape index (κ3) is 5.18. The fourth-order valence-electron chi connectivity index (χ4n) is 1.36. The maximum Gasteiger partial charge on any atom is 0.321 e. The third-order valence-electron chi connectivity index (χ3n) is 2.79. The fourth-order valence-corrected chi connectivity index (χ4v) is 2.52. The predicted octanol–water partition coefficient (Wildman–Crippen LogP) is 1.25. The third-order valence-corrected chi connectivity index (χ3v) is 4.18. The van der Waals surface area contributed by atoms with Crippen LogP contribution in [-0.2, 0) is 4.79 Å². The lowest BCUT2D eigenvalue weighted by molar-refractivity contribution is -0.139. The highest BCUT2D eigenvalue weighted by molar-refractivity contribution is 8.00. The highest BCUT2D eigenvalue weighted by atomic mass is 32.2. The molecule has 0 saturated heterocycles. The SMILES string of the molecule is CCN(CC)CCSC(C)(C)[C@H](N)C(=O)O. The summed E-state index contributed by atoms with van der Waals surface area (Å²) in [4.78, 5) is 13.1. The Kier molecular flexibility index (Phi) is 7.03. The average molecular weight is 248 g/mol. The molecule has 16 heavy (non-hydrogen) atoms. The van der Waals surface area contributed by atoms with Crippen LogP contribution in [0.15, 0.2) is 0 Å². The van der Waals surface area contributed by atoms with Gasteiger partial charge in [0.05, 0.1) is 0 Å². The molecule has 0 rings (SSSR count). The molecular weight excluding hydrogens is 224 g/mol. The number of carboxylic acid groups (broad SMARTS) is 1. The van der Waals surface area contributed by atoms with Gasteiger partial charge in [-0.05, 0) is 26.9 Å². The molecule has 0 aliphatic heterocycles. The Balaban J connectivity index is 4.04. The first-order valence-electron chi connectivity index (χ1n) is 5.69. The molecule has 0 saturated carbocycles. The Morgan fingerprint density at radius 3 is 2.31 bits per heavy atom. The molecule has 0 unspecified atom stereocenters. The van der Waals surface area contributed by atoms with Gasteiger partial charge < -0.3 is 15.7 Å². The maximum absolute atomic E-state index is 10.8.